The second-order valence-corrected chi connectivity index (χ2v) is 5.32. The van der Waals surface area contributed by atoms with Gasteiger partial charge in [0.15, 0.2) is 0 Å². The van der Waals surface area contributed by atoms with Gasteiger partial charge in [0, 0.05) is 6.61 Å². The number of hydrogen-bond acceptors (Lipinski definition) is 1. The Kier molecular flexibility index (Phi) is 25.4. The maximum atomic E-state index is 8.64. The summed E-state index contributed by atoms with van der Waals surface area (Å²) in [4.78, 5) is 0. The van der Waals surface area contributed by atoms with Crippen LogP contribution in [0.3, 0.4) is 0 Å². The molecule has 0 saturated carbocycles. The molecule has 2 heteroatoms. The van der Waals surface area contributed by atoms with Crippen molar-refractivity contribution in [1.29, 1.82) is 0 Å². The Morgan fingerprint density at radius 1 is 0.500 bits per heavy atom. The van der Waals surface area contributed by atoms with Crippen LogP contribution in [-0.2, 0) is 0 Å². The standard InChI is InChI=1S/C16H34O.K.H/c1-2-3-4-5-6-7-8-9-10-11-12-13-14-15-16-17;;/h17H,2-16H2,1H3;;. The van der Waals surface area contributed by atoms with Crippen LogP contribution in [-0.4, -0.2) is 63.1 Å². The summed E-state index contributed by atoms with van der Waals surface area (Å²) in [5, 5.41) is 8.64. The third-order valence-corrected chi connectivity index (χ3v) is 3.51. The molecule has 0 aromatic rings. The van der Waals surface area contributed by atoms with Crippen molar-refractivity contribution >= 4 is 51.4 Å². The number of rotatable bonds is 14. The Labute approximate surface area is 158 Å². The summed E-state index contributed by atoms with van der Waals surface area (Å²) in [6.45, 7) is 2.65. The van der Waals surface area contributed by atoms with E-state index in [4.69, 9.17) is 5.11 Å². The van der Waals surface area contributed by atoms with E-state index >= 15 is 0 Å². The number of unbranched alkanes of at least 4 members (excludes halogenated alkanes) is 13. The molecule has 0 bridgehead atoms. The molecule has 0 aliphatic heterocycles. The molecule has 0 aliphatic carbocycles. The molecular weight excluding hydrogens is 247 g/mol. The Balaban J connectivity index is 0. The quantitative estimate of drug-likeness (QED) is 0.358. The van der Waals surface area contributed by atoms with Crippen LogP contribution in [0.25, 0.3) is 0 Å². The summed E-state index contributed by atoms with van der Waals surface area (Å²) in [5.41, 5.74) is 0. The molecule has 0 fully saturated rings. The minimum atomic E-state index is 0. The van der Waals surface area contributed by atoms with Crippen molar-refractivity contribution in [3.63, 3.8) is 0 Å². The monoisotopic (exact) mass is 282 g/mol. The zero-order valence-electron chi connectivity index (χ0n) is 12.1. The predicted octanol–water partition coefficient (Wildman–Crippen LogP) is 4.81. The van der Waals surface area contributed by atoms with Crippen molar-refractivity contribution in [3.8, 4) is 0 Å². The van der Waals surface area contributed by atoms with Gasteiger partial charge in [0.05, 0.1) is 0 Å². The van der Waals surface area contributed by atoms with Gasteiger partial charge in [-0.1, -0.05) is 90.4 Å². The second-order valence-electron chi connectivity index (χ2n) is 5.32. The summed E-state index contributed by atoms with van der Waals surface area (Å²) >= 11 is 0. The van der Waals surface area contributed by atoms with Gasteiger partial charge in [0.25, 0.3) is 0 Å². The average molecular weight is 283 g/mol. The molecule has 0 amide bonds. The van der Waals surface area contributed by atoms with Crippen LogP contribution >= 0.6 is 0 Å². The second kappa shape index (κ2) is 20.9. The predicted molar refractivity (Wildman–Crippen MR) is 84.5 cm³/mol. The van der Waals surface area contributed by atoms with Gasteiger partial charge in [-0.25, -0.2) is 0 Å². The SMILES string of the molecule is CCCCCCCCCCCCCCCCO.[KH]. The first kappa shape index (κ1) is 21.9. The Morgan fingerprint density at radius 2 is 0.778 bits per heavy atom. The van der Waals surface area contributed by atoms with Gasteiger partial charge < -0.3 is 5.11 Å². The van der Waals surface area contributed by atoms with E-state index in [0.717, 1.165) is 6.42 Å². The Hall–Kier alpha value is 1.60. The molecule has 0 unspecified atom stereocenters. The third kappa shape index (κ3) is 19.9. The van der Waals surface area contributed by atoms with E-state index in [1.165, 1.54) is 83.5 Å². The Bertz CT molecular complexity index is 114. The van der Waals surface area contributed by atoms with E-state index in [0.29, 0.717) is 6.61 Å². The van der Waals surface area contributed by atoms with E-state index < -0.39 is 0 Å². The van der Waals surface area contributed by atoms with Crippen molar-refractivity contribution < 1.29 is 5.11 Å². The molecule has 0 rings (SSSR count). The van der Waals surface area contributed by atoms with Crippen molar-refractivity contribution in [3.05, 3.63) is 0 Å². The fraction of sp³-hybridized carbons (Fsp3) is 1.00. The van der Waals surface area contributed by atoms with E-state index in [1.807, 2.05) is 0 Å². The van der Waals surface area contributed by atoms with Crippen LogP contribution in [0.2, 0.25) is 0 Å². The summed E-state index contributed by atoms with van der Waals surface area (Å²) in [6, 6.07) is 0. The Morgan fingerprint density at radius 3 is 1.06 bits per heavy atom. The van der Waals surface area contributed by atoms with Crippen LogP contribution in [0.15, 0.2) is 0 Å². The van der Waals surface area contributed by atoms with Gasteiger partial charge in [-0.05, 0) is 6.42 Å². The van der Waals surface area contributed by atoms with Gasteiger partial charge in [0.1, 0.15) is 0 Å². The molecule has 1 nitrogen and oxygen atoms in total. The number of aliphatic hydroxyl groups is 1. The van der Waals surface area contributed by atoms with Gasteiger partial charge in [-0.2, -0.15) is 0 Å². The summed E-state index contributed by atoms with van der Waals surface area (Å²) in [7, 11) is 0. The van der Waals surface area contributed by atoms with E-state index in [9.17, 15) is 0 Å². The van der Waals surface area contributed by atoms with Crippen LogP contribution in [0.1, 0.15) is 96.8 Å². The van der Waals surface area contributed by atoms with Crippen molar-refractivity contribution in [2.24, 2.45) is 0 Å². The number of hydrogen-bond donors (Lipinski definition) is 1. The van der Waals surface area contributed by atoms with Gasteiger partial charge >= 0.3 is 51.4 Å². The van der Waals surface area contributed by atoms with Gasteiger partial charge in [0.2, 0.25) is 0 Å². The van der Waals surface area contributed by atoms with Gasteiger partial charge in [-0.15, -0.1) is 0 Å². The van der Waals surface area contributed by atoms with Crippen molar-refractivity contribution in [2.75, 3.05) is 6.61 Å². The van der Waals surface area contributed by atoms with Crippen LogP contribution < -0.4 is 0 Å². The molecule has 18 heavy (non-hydrogen) atoms. The molecule has 0 aromatic heterocycles. The molecule has 0 heterocycles. The normalized spacial score (nSPS) is 10.3. The minimum absolute atomic E-state index is 0. The molecule has 0 aliphatic rings. The first-order valence-corrected chi connectivity index (χ1v) is 8.02. The van der Waals surface area contributed by atoms with Crippen LogP contribution in [0.5, 0.6) is 0 Å². The summed E-state index contributed by atoms with van der Waals surface area (Å²) < 4.78 is 0. The number of aliphatic hydroxyl groups excluding tert-OH is 1. The van der Waals surface area contributed by atoms with Crippen molar-refractivity contribution in [1.82, 2.24) is 0 Å². The van der Waals surface area contributed by atoms with Gasteiger partial charge in [-0.3, -0.25) is 0 Å². The van der Waals surface area contributed by atoms with Crippen LogP contribution in [0.4, 0.5) is 0 Å². The molecule has 106 valence electrons. The van der Waals surface area contributed by atoms with Crippen LogP contribution in [0, 0.1) is 0 Å². The van der Waals surface area contributed by atoms with E-state index in [-0.39, 0.29) is 51.4 Å². The van der Waals surface area contributed by atoms with Crippen molar-refractivity contribution in [2.45, 2.75) is 96.8 Å². The first-order valence-electron chi connectivity index (χ1n) is 8.02. The fourth-order valence-electron chi connectivity index (χ4n) is 2.31. The molecule has 0 spiro atoms. The average Bonchev–Trinajstić information content (AvgIpc) is 2.35. The molecule has 0 aromatic carbocycles. The molecule has 0 saturated heterocycles. The molecular formula is C16H35KO. The molecule has 0 atom stereocenters. The topological polar surface area (TPSA) is 20.2 Å². The summed E-state index contributed by atoms with van der Waals surface area (Å²) in [5.74, 6) is 0. The molecule has 1 N–H and O–H groups in total. The van der Waals surface area contributed by atoms with E-state index in [2.05, 4.69) is 6.92 Å². The summed E-state index contributed by atoms with van der Waals surface area (Å²) in [6.07, 6.45) is 19.2. The van der Waals surface area contributed by atoms with E-state index in [1.54, 1.807) is 0 Å². The zero-order valence-corrected chi connectivity index (χ0v) is 12.1. The zero-order chi connectivity index (χ0) is 12.6. The first-order chi connectivity index (χ1) is 8.41. The fourth-order valence-corrected chi connectivity index (χ4v) is 2.31. The maximum absolute atomic E-state index is 8.64. The molecule has 0 radical (unpaired) electrons. The third-order valence-electron chi connectivity index (χ3n) is 3.51.